The van der Waals surface area contributed by atoms with E-state index >= 15 is 0 Å². The lowest BCUT2D eigenvalue weighted by Gasteiger charge is -2.24. The van der Waals surface area contributed by atoms with Crippen LogP contribution in [0.1, 0.15) is 13.2 Å². The zero-order chi connectivity index (χ0) is 13.5. The molecule has 4 atom stereocenters. The fraction of sp³-hybridized carbons (Fsp3) is 0.600. The third-order valence-electron chi connectivity index (χ3n) is 3.00. The summed E-state index contributed by atoms with van der Waals surface area (Å²) < 4.78 is 20.3. The van der Waals surface area contributed by atoms with Gasteiger partial charge in [0, 0.05) is 12.3 Å². The van der Waals surface area contributed by atoms with Crippen LogP contribution < -0.4 is 11.2 Å². The molecule has 0 radical (unpaired) electrons. The Balaban J connectivity index is 2.45. The number of aromatic nitrogens is 2. The second kappa shape index (κ2) is 4.30. The lowest BCUT2D eigenvalue weighted by Crippen LogP contribution is -2.43. The van der Waals surface area contributed by atoms with Gasteiger partial charge >= 0.3 is 5.69 Å². The summed E-state index contributed by atoms with van der Waals surface area (Å²) in [5.41, 5.74) is -3.72. The maximum Gasteiger partial charge on any atom is 0.330 e. The Labute approximate surface area is 100 Å². The molecule has 1 saturated heterocycles. The molecule has 0 bridgehead atoms. The van der Waals surface area contributed by atoms with E-state index in [0.29, 0.717) is 0 Å². The highest BCUT2D eigenvalue weighted by Gasteiger charge is 2.54. The third kappa shape index (κ3) is 1.88. The number of hydrogen-bond acceptors (Lipinski definition) is 5. The number of rotatable bonds is 2. The van der Waals surface area contributed by atoms with Crippen molar-refractivity contribution in [1.82, 2.24) is 9.55 Å². The van der Waals surface area contributed by atoms with Crippen molar-refractivity contribution < 1.29 is 19.3 Å². The van der Waals surface area contributed by atoms with E-state index in [4.69, 9.17) is 9.84 Å². The van der Waals surface area contributed by atoms with Gasteiger partial charge in [0.25, 0.3) is 5.56 Å². The van der Waals surface area contributed by atoms with E-state index in [0.717, 1.165) is 23.8 Å². The van der Waals surface area contributed by atoms with Gasteiger partial charge in [0.1, 0.15) is 12.2 Å². The summed E-state index contributed by atoms with van der Waals surface area (Å²) >= 11 is 0. The van der Waals surface area contributed by atoms with Crippen molar-refractivity contribution in [3.8, 4) is 0 Å². The van der Waals surface area contributed by atoms with Crippen LogP contribution in [0.2, 0.25) is 0 Å². The Kier molecular flexibility index (Phi) is 3.09. The first-order chi connectivity index (χ1) is 8.37. The molecule has 0 spiro atoms. The minimum atomic E-state index is -2.25. The molecular formula is C10H13FN2O5. The highest BCUT2D eigenvalue weighted by Crippen LogP contribution is 2.40. The third-order valence-corrected chi connectivity index (χ3v) is 3.00. The Morgan fingerprint density at radius 3 is 2.78 bits per heavy atom. The second-order valence-corrected chi connectivity index (χ2v) is 4.32. The second-order valence-electron chi connectivity index (χ2n) is 4.32. The van der Waals surface area contributed by atoms with Crippen LogP contribution in [-0.2, 0) is 4.74 Å². The summed E-state index contributed by atoms with van der Waals surface area (Å²) in [4.78, 5) is 24.4. The van der Waals surface area contributed by atoms with Crippen LogP contribution in [0, 0.1) is 0 Å². The van der Waals surface area contributed by atoms with Gasteiger partial charge in [-0.25, -0.2) is 9.18 Å². The van der Waals surface area contributed by atoms with Crippen LogP contribution in [-0.4, -0.2) is 44.2 Å². The predicted molar refractivity (Wildman–Crippen MR) is 57.8 cm³/mol. The maximum absolute atomic E-state index is 14.3. The number of hydrogen-bond donors (Lipinski definition) is 3. The lowest BCUT2D eigenvalue weighted by atomic mass is 9.98. The van der Waals surface area contributed by atoms with Crippen molar-refractivity contribution in [2.75, 3.05) is 6.61 Å². The molecule has 18 heavy (non-hydrogen) atoms. The van der Waals surface area contributed by atoms with E-state index in [9.17, 15) is 19.1 Å². The average Bonchev–Trinajstić information content (AvgIpc) is 2.52. The van der Waals surface area contributed by atoms with Gasteiger partial charge < -0.3 is 14.9 Å². The van der Waals surface area contributed by atoms with Crippen LogP contribution in [0.4, 0.5) is 4.39 Å². The highest BCUT2D eigenvalue weighted by atomic mass is 19.1. The normalized spacial score (nSPS) is 35.9. The molecule has 2 rings (SSSR count). The van der Waals surface area contributed by atoms with E-state index in [1.165, 1.54) is 0 Å². The first-order valence-electron chi connectivity index (χ1n) is 5.32. The summed E-state index contributed by atoms with van der Waals surface area (Å²) in [5.74, 6) is 0. The van der Waals surface area contributed by atoms with Crippen molar-refractivity contribution >= 4 is 0 Å². The van der Waals surface area contributed by atoms with Crippen molar-refractivity contribution in [2.45, 2.75) is 31.0 Å². The van der Waals surface area contributed by atoms with E-state index in [1.54, 1.807) is 0 Å². The number of alkyl halides is 1. The zero-order valence-corrected chi connectivity index (χ0v) is 9.54. The lowest BCUT2D eigenvalue weighted by molar-refractivity contribution is -0.0611. The van der Waals surface area contributed by atoms with Crippen LogP contribution in [0.25, 0.3) is 0 Å². The van der Waals surface area contributed by atoms with E-state index < -0.39 is 42.0 Å². The molecule has 7 nitrogen and oxygen atoms in total. The molecule has 0 amide bonds. The van der Waals surface area contributed by atoms with Crippen molar-refractivity contribution in [3.63, 3.8) is 0 Å². The fourth-order valence-electron chi connectivity index (χ4n) is 1.97. The van der Waals surface area contributed by atoms with Gasteiger partial charge in [-0.3, -0.25) is 14.3 Å². The molecule has 8 heteroatoms. The summed E-state index contributed by atoms with van der Waals surface area (Å²) in [6, 6.07) is 1.04. The predicted octanol–water partition coefficient (Wildman–Crippen LogP) is -1.48. The summed E-state index contributed by atoms with van der Waals surface area (Å²) in [6.45, 7) is 0.491. The molecule has 1 unspecified atom stereocenters. The Hall–Kier alpha value is -1.51. The molecule has 0 saturated carbocycles. The quantitative estimate of drug-likeness (QED) is 0.601. The number of nitrogens with zero attached hydrogens (tertiary/aromatic N) is 1. The first-order valence-corrected chi connectivity index (χ1v) is 5.32. The van der Waals surface area contributed by atoms with Gasteiger partial charge in [-0.05, 0) is 6.92 Å². The molecule has 1 aromatic heterocycles. The number of aliphatic hydroxyl groups excluding tert-OH is 2. The molecular weight excluding hydrogens is 247 g/mol. The molecule has 2 heterocycles. The minimum Gasteiger partial charge on any atom is -0.394 e. The molecule has 0 aliphatic carbocycles. The van der Waals surface area contributed by atoms with Gasteiger partial charge in [-0.15, -0.1) is 0 Å². The van der Waals surface area contributed by atoms with Gasteiger partial charge in [-0.2, -0.15) is 0 Å². The molecule has 1 aliphatic rings. The monoisotopic (exact) mass is 260 g/mol. The van der Waals surface area contributed by atoms with Gasteiger partial charge in [0.15, 0.2) is 11.9 Å². The standard InChI is InChI=1S/C10H13FN2O5/c1-10(11)7(16)5(4-14)18-8(10)13-3-2-6(15)12-9(13)17/h2-3,5,7-8,14,16H,4H2,1H3,(H,12,15,17)/t5-,7-,8-,10?/m1/s1. The van der Waals surface area contributed by atoms with Crippen LogP contribution in [0.5, 0.6) is 0 Å². The van der Waals surface area contributed by atoms with E-state index in [2.05, 4.69) is 0 Å². The van der Waals surface area contributed by atoms with Crippen molar-refractivity contribution in [3.05, 3.63) is 33.1 Å². The minimum absolute atomic E-state index is 0.574. The van der Waals surface area contributed by atoms with Gasteiger partial charge in [0.2, 0.25) is 0 Å². The molecule has 3 N–H and O–H groups in total. The maximum atomic E-state index is 14.3. The molecule has 1 aromatic rings. The van der Waals surface area contributed by atoms with E-state index in [-0.39, 0.29) is 0 Å². The van der Waals surface area contributed by atoms with Gasteiger partial charge in [0.05, 0.1) is 6.61 Å². The Morgan fingerprint density at radius 1 is 1.61 bits per heavy atom. The smallest absolute Gasteiger partial charge is 0.330 e. The highest BCUT2D eigenvalue weighted by molar-refractivity contribution is 5.01. The molecule has 1 aliphatic heterocycles. The van der Waals surface area contributed by atoms with Crippen LogP contribution >= 0.6 is 0 Å². The number of halogens is 1. The number of nitrogens with one attached hydrogen (secondary N) is 1. The zero-order valence-electron chi connectivity index (χ0n) is 9.54. The number of aliphatic hydroxyl groups is 2. The number of aromatic amines is 1. The van der Waals surface area contributed by atoms with Crippen LogP contribution in [0.15, 0.2) is 21.9 Å². The number of H-pyrrole nitrogens is 1. The van der Waals surface area contributed by atoms with Gasteiger partial charge in [-0.1, -0.05) is 0 Å². The summed E-state index contributed by atoms with van der Waals surface area (Å²) in [5, 5.41) is 18.6. The molecule has 1 fully saturated rings. The summed E-state index contributed by atoms with van der Waals surface area (Å²) in [7, 11) is 0. The summed E-state index contributed by atoms with van der Waals surface area (Å²) in [6.07, 6.45) is -3.01. The van der Waals surface area contributed by atoms with Crippen LogP contribution in [0.3, 0.4) is 0 Å². The van der Waals surface area contributed by atoms with E-state index in [1.807, 2.05) is 4.98 Å². The SMILES string of the molecule is CC1(F)[C@H](O)[C@@H](CO)O[C@H]1n1ccc(=O)[nH]c1=O. The van der Waals surface area contributed by atoms with Crippen molar-refractivity contribution in [1.29, 1.82) is 0 Å². The number of ether oxygens (including phenoxy) is 1. The first kappa shape index (κ1) is 12.9. The fourth-order valence-corrected chi connectivity index (χ4v) is 1.97. The molecule has 0 aromatic carbocycles. The molecule has 100 valence electrons. The largest absolute Gasteiger partial charge is 0.394 e. The Morgan fingerprint density at radius 2 is 2.28 bits per heavy atom. The van der Waals surface area contributed by atoms with Crippen molar-refractivity contribution in [2.24, 2.45) is 0 Å². The average molecular weight is 260 g/mol. The topological polar surface area (TPSA) is 105 Å². The Bertz CT molecular complexity index is 552.